The van der Waals surface area contributed by atoms with Crippen molar-refractivity contribution in [1.29, 1.82) is 0 Å². The van der Waals surface area contributed by atoms with Crippen LogP contribution in [-0.2, 0) is 0 Å². The molecule has 1 aromatic heterocycles. The van der Waals surface area contributed by atoms with E-state index in [-0.39, 0.29) is 6.04 Å². The van der Waals surface area contributed by atoms with Crippen LogP contribution >= 0.6 is 0 Å². The van der Waals surface area contributed by atoms with Crippen LogP contribution in [0.25, 0.3) is 0 Å². The van der Waals surface area contributed by atoms with Gasteiger partial charge in [0.15, 0.2) is 0 Å². The standard InChI is InChI=1S/C11H17N3/c1-4-7-14(3)11-8-10(9(2)12)5-6-13-11/h4-6,8-9H,1,7,12H2,2-3H3. The number of pyridine rings is 1. The van der Waals surface area contributed by atoms with E-state index >= 15 is 0 Å². The fraction of sp³-hybridized carbons (Fsp3) is 0.364. The Morgan fingerprint density at radius 3 is 3.00 bits per heavy atom. The molecule has 0 saturated carbocycles. The van der Waals surface area contributed by atoms with Crippen LogP contribution in [0.1, 0.15) is 18.5 Å². The van der Waals surface area contributed by atoms with E-state index in [1.54, 1.807) is 6.20 Å². The molecule has 0 aromatic carbocycles. The Morgan fingerprint density at radius 2 is 2.43 bits per heavy atom. The summed E-state index contributed by atoms with van der Waals surface area (Å²) in [5.41, 5.74) is 6.89. The summed E-state index contributed by atoms with van der Waals surface area (Å²) >= 11 is 0. The van der Waals surface area contributed by atoms with Crippen molar-refractivity contribution < 1.29 is 0 Å². The molecule has 76 valence electrons. The van der Waals surface area contributed by atoms with E-state index in [1.165, 1.54) is 0 Å². The molecule has 0 saturated heterocycles. The maximum atomic E-state index is 5.79. The van der Waals surface area contributed by atoms with Crippen molar-refractivity contribution in [3.05, 3.63) is 36.5 Å². The lowest BCUT2D eigenvalue weighted by Gasteiger charge is -2.17. The molecule has 0 radical (unpaired) electrons. The molecule has 2 N–H and O–H groups in total. The third-order valence-corrected chi connectivity index (χ3v) is 2.09. The van der Waals surface area contributed by atoms with Crippen molar-refractivity contribution in [2.24, 2.45) is 5.73 Å². The molecule has 1 aromatic rings. The topological polar surface area (TPSA) is 42.1 Å². The van der Waals surface area contributed by atoms with Gasteiger partial charge >= 0.3 is 0 Å². The molecule has 0 fully saturated rings. The lowest BCUT2D eigenvalue weighted by molar-refractivity contribution is 0.813. The minimum absolute atomic E-state index is 0.0499. The van der Waals surface area contributed by atoms with Crippen molar-refractivity contribution in [2.75, 3.05) is 18.5 Å². The first-order valence-corrected chi connectivity index (χ1v) is 4.68. The van der Waals surface area contributed by atoms with Crippen molar-refractivity contribution in [1.82, 2.24) is 4.98 Å². The lowest BCUT2D eigenvalue weighted by Crippen LogP contribution is -2.18. The first kappa shape index (κ1) is 10.7. The molecule has 1 heterocycles. The van der Waals surface area contributed by atoms with Gasteiger partial charge in [-0.3, -0.25) is 0 Å². The van der Waals surface area contributed by atoms with Gasteiger partial charge in [-0.05, 0) is 24.6 Å². The molecule has 0 amide bonds. The second-order valence-electron chi connectivity index (χ2n) is 3.41. The van der Waals surface area contributed by atoms with Crippen LogP contribution in [0.4, 0.5) is 5.82 Å². The summed E-state index contributed by atoms with van der Waals surface area (Å²) in [5, 5.41) is 0. The number of rotatable bonds is 4. The normalized spacial score (nSPS) is 12.2. The van der Waals surface area contributed by atoms with Gasteiger partial charge in [0.2, 0.25) is 0 Å². The van der Waals surface area contributed by atoms with Crippen molar-refractivity contribution in [2.45, 2.75) is 13.0 Å². The second-order valence-corrected chi connectivity index (χ2v) is 3.41. The van der Waals surface area contributed by atoms with E-state index in [0.717, 1.165) is 17.9 Å². The minimum atomic E-state index is 0.0499. The molecule has 0 aliphatic heterocycles. The van der Waals surface area contributed by atoms with Crippen LogP contribution < -0.4 is 10.6 Å². The molecule has 1 unspecified atom stereocenters. The highest BCUT2D eigenvalue weighted by Gasteiger charge is 2.03. The molecule has 0 bridgehead atoms. The van der Waals surface area contributed by atoms with Crippen LogP contribution in [0.2, 0.25) is 0 Å². The first-order valence-electron chi connectivity index (χ1n) is 4.68. The Hall–Kier alpha value is -1.35. The van der Waals surface area contributed by atoms with Crippen LogP contribution in [0.3, 0.4) is 0 Å². The Bertz CT molecular complexity index is 307. The molecule has 0 spiro atoms. The summed E-state index contributed by atoms with van der Waals surface area (Å²) in [6.45, 7) is 6.44. The Balaban J connectivity index is 2.87. The number of aromatic nitrogens is 1. The predicted octanol–water partition coefficient (Wildman–Crippen LogP) is 1.72. The maximum Gasteiger partial charge on any atom is 0.128 e. The SMILES string of the molecule is C=CCN(C)c1cc(C(C)N)ccn1. The van der Waals surface area contributed by atoms with Gasteiger partial charge in [0.25, 0.3) is 0 Å². The van der Waals surface area contributed by atoms with Gasteiger partial charge in [-0.2, -0.15) is 0 Å². The van der Waals surface area contributed by atoms with Gasteiger partial charge < -0.3 is 10.6 Å². The molecular formula is C11H17N3. The quantitative estimate of drug-likeness (QED) is 0.737. The van der Waals surface area contributed by atoms with E-state index in [4.69, 9.17) is 5.73 Å². The predicted molar refractivity (Wildman–Crippen MR) is 60.3 cm³/mol. The summed E-state index contributed by atoms with van der Waals surface area (Å²) in [4.78, 5) is 6.29. The zero-order valence-corrected chi connectivity index (χ0v) is 8.77. The van der Waals surface area contributed by atoms with E-state index in [2.05, 4.69) is 11.6 Å². The first-order chi connectivity index (χ1) is 6.65. The van der Waals surface area contributed by atoms with Gasteiger partial charge in [-0.15, -0.1) is 6.58 Å². The molecule has 1 rings (SSSR count). The molecule has 1 atom stereocenters. The summed E-state index contributed by atoms with van der Waals surface area (Å²) in [6, 6.07) is 4.00. The Morgan fingerprint density at radius 1 is 1.71 bits per heavy atom. The molecular weight excluding hydrogens is 174 g/mol. The highest BCUT2D eigenvalue weighted by molar-refractivity contribution is 5.41. The van der Waals surface area contributed by atoms with Gasteiger partial charge in [-0.1, -0.05) is 6.08 Å². The monoisotopic (exact) mass is 191 g/mol. The average Bonchev–Trinajstić information content (AvgIpc) is 2.18. The highest BCUT2D eigenvalue weighted by atomic mass is 15.1. The van der Waals surface area contributed by atoms with Crippen molar-refractivity contribution in [3.63, 3.8) is 0 Å². The van der Waals surface area contributed by atoms with Crippen LogP contribution in [0, 0.1) is 0 Å². The fourth-order valence-electron chi connectivity index (χ4n) is 1.21. The Labute approximate surface area is 85.3 Å². The lowest BCUT2D eigenvalue weighted by atomic mass is 10.1. The second kappa shape index (κ2) is 4.77. The zero-order valence-electron chi connectivity index (χ0n) is 8.77. The van der Waals surface area contributed by atoms with E-state index in [1.807, 2.05) is 37.1 Å². The van der Waals surface area contributed by atoms with Crippen molar-refractivity contribution >= 4 is 5.82 Å². The number of hydrogen-bond donors (Lipinski definition) is 1. The van der Waals surface area contributed by atoms with Gasteiger partial charge in [-0.25, -0.2) is 4.98 Å². The number of anilines is 1. The molecule has 3 heteroatoms. The number of likely N-dealkylation sites (N-methyl/N-ethyl adjacent to an activating group) is 1. The zero-order chi connectivity index (χ0) is 10.6. The maximum absolute atomic E-state index is 5.79. The molecule has 14 heavy (non-hydrogen) atoms. The largest absolute Gasteiger partial charge is 0.356 e. The van der Waals surface area contributed by atoms with Crippen LogP contribution in [0.5, 0.6) is 0 Å². The number of nitrogens with two attached hydrogens (primary N) is 1. The van der Waals surface area contributed by atoms with Crippen molar-refractivity contribution in [3.8, 4) is 0 Å². The summed E-state index contributed by atoms with van der Waals surface area (Å²) in [7, 11) is 1.98. The van der Waals surface area contributed by atoms with Crippen LogP contribution in [0.15, 0.2) is 31.0 Å². The van der Waals surface area contributed by atoms with E-state index in [0.29, 0.717) is 0 Å². The van der Waals surface area contributed by atoms with Gasteiger partial charge in [0.1, 0.15) is 5.82 Å². The van der Waals surface area contributed by atoms with Gasteiger partial charge in [0, 0.05) is 25.8 Å². The third kappa shape index (κ3) is 2.57. The summed E-state index contributed by atoms with van der Waals surface area (Å²) in [5.74, 6) is 0.930. The third-order valence-electron chi connectivity index (χ3n) is 2.09. The van der Waals surface area contributed by atoms with E-state index in [9.17, 15) is 0 Å². The van der Waals surface area contributed by atoms with Gasteiger partial charge in [0.05, 0.1) is 0 Å². The Kier molecular flexibility index (Phi) is 3.65. The summed E-state index contributed by atoms with van der Waals surface area (Å²) in [6.07, 6.45) is 3.63. The summed E-state index contributed by atoms with van der Waals surface area (Å²) < 4.78 is 0. The van der Waals surface area contributed by atoms with Crippen LogP contribution in [-0.4, -0.2) is 18.6 Å². The fourth-order valence-corrected chi connectivity index (χ4v) is 1.21. The molecule has 0 aliphatic rings. The molecule has 3 nitrogen and oxygen atoms in total. The smallest absolute Gasteiger partial charge is 0.128 e. The number of hydrogen-bond acceptors (Lipinski definition) is 3. The average molecular weight is 191 g/mol. The minimum Gasteiger partial charge on any atom is -0.356 e. The highest BCUT2D eigenvalue weighted by Crippen LogP contribution is 2.15. The number of nitrogens with zero attached hydrogens (tertiary/aromatic N) is 2. The molecule has 0 aliphatic carbocycles. The van der Waals surface area contributed by atoms with E-state index < -0.39 is 0 Å².